The van der Waals surface area contributed by atoms with Gasteiger partial charge in [-0.3, -0.25) is 0 Å². The average Bonchev–Trinajstić information content (AvgIpc) is 3.41. The number of hydrogen-bond donors (Lipinski definition) is 1. The lowest BCUT2D eigenvalue weighted by molar-refractivity contribution is -0.136. The van der Waals surface area contributed by atoms with E-state index < -0.39 is 0 Å². The summed E-state index contributed by atoms with van der Waals surface area (Å²) in [6.07, 6.45) is 10.5. The molecule has 3 aliphatic rings. The zero-order valence-electron chi connectivity index (χ0n) is 14.7. The summed E-state index contributed by atoms with van der Waals surface area (Å²) in [5.74, 6) is 0.733. The lowest BCUT2D eigenvalue weighted by atomic mass is 9.73. The number of hydrogen-bond acceptors (Lipinski definition) is 5. The lowest BCUT2D eigenvalue weighted by Crippen LogP contribution is -2.59. The molecule has 2 aliphatic heterocycles. The molecular formula is C19H28N2O3. The van der Waals surface area contributed by atoms with Crippen molar-refractivity contribution in [3.63, 3.8) is 0 Å². The van der Waals surface area contributed by atoms with Gasteiger partial charge in [-0.1, -0.05) is 12.2 Å². The van der Waals surface area contributed by atoms with Crippen LogP contribution >= 0.6 is 0 Å². The smallest absolute Gasteiger partial charge is 0.341 e. The molecule has 1 aliphatic carbocycles. The van der Waals surface area contributed by atoms with E-state index in [1.54, 1.807) is 0 Å². The van der Waals surface area contributed by atoms with Crippen LogP contribution in [0.15, 0.2) is 35.2 Å². The third-order valence-electron chi connectivity index (χ3n) is 5.35. The number of rotatable bonds is 5. The molecule has 5 nitrogen and oxygen atoms in total. The van der Waals surface area contributed by atoms with Crippen LogP contribution in [0.5, 0.6) is 0 Å². The first kappa shape index (κ1) is 17.1. The molecule has 0 amide bonds. The van der Waals surface area contributed by atoms with Gasteiger partial charge in [0.15, 0.2) is 0 Å². The van der Waals surface area contributed by atoms with E-state index in [-0.39, 0.29) is 5.97 Å². The average molecular weight is 332 g/mol. The van der Waals surface area contributed by atoms with E-state index in [0.717, 1.165) is 39.1 Å². The van der Waals surface area contributed by atoms with E-state index in [1.165, 1.54) is 25.5 Å². The monoisotopic (exact) mass is 332 g/mol. The fraction of sp³-hybridized carbons (Fsp3) is 0.632. The Kier molecular flexibility index (Phi) is 4.99. The zero-order valence-corrected chi connectivity index (χ0v) is 14.7. The Morgan fingerprint density at radius 1 is 1.29 bits per heavy atom. The summed E-state index contributed by atoms with van der Waals surface area (Å²) in [5.41, 5.74) is 8.33. The highest BCUT2D eigenvalue weighted by Crippen LogP contribution is 2.42. The van der Waals surface area contributed by atoms with Crippen molar-refractivity contribution in [2.24, 2.45) is 17.1 Å². The Morgan fingerprint density at radius 3 is 2.50 bits per heavy atom. The SMILES string of the molecule is C/C=C/C(=C\C(C(=O)OC)=C(/N)N1CC2(CCOCC2)C1)C1CC1. The molecule has 0 aromatic rings. The highest BCUT2D eigenvalue weighted by Gasteiger charge is 2.45. The first-order chi connectivity index (χ1) is 11.6. The predicted molar refractivity (Wildman–Crippen MR) is 92.9 cm³/mol. The molecule has 2 saturated heterocycles. The molecule has 132 valence electrons. The van der Waals surface area contributed by atoms with Crippen LogP contribution in [-0.2, 0) is 14.3 Å². The van der Waals surface area contributed by atoms with Crippen molar-refractivity contribution in [1.29, 1.82) is 0 Å². The van der Waals surface area contributed by atoms with Gasteiger partial charge in [-0.25, -0.2) is 4.79 Å². The molecular weight excluding hydrogens is 304 g/mol. The van der Waals surface area contributed by atoms with Crippen LogP contribution in [0.4, 0.5) is 0 Å². The van der Waals surface area contributed by atoms with Crippen molar-refractivity contribution >= 4 is 5.97 Å². The highest BCUT2D eigenvalue weighted by atomic mass is 16.5. The van der Waals surface area contributed by atoms with E-state index in [9.17, 15) is 4.79 Å². The maximum atomic E-state index is 12.3. The number of nitrogens with zero attached hydrogens (tertiary/aromatic N) is 1. The van der Waals surface area contributed by atoms with E-state index in [4.69, 9.17) is 15.2 Å². The lowest BCUT2D eigenvalue weighted by Gasteiger charge is -2.53. The molecule has 5 heteroatoms. The van der Waals surface area contributed by atoms with E-state index in [2.05, 4.69) is 11.0 Å². The summed E-state index contributed by atoms with van der Waals surface area (Å²) in [6.45, 7) is 5.45. The standard InChI is InChI=1S/C19H28N2O3/c1-3-4-15(14-5-6-14)11-16(18(22)23-2)17(20)21-12-19(13-21)7-9-24-10-8-19/h3-4,11,14H,5-10,12-13,20H2,1-2H3/b4-3+,15-11+,17-16-. The maximum Gasteiger partial charge on any atom is 0.341 e. The molecule has 0 aromatic carbocycles. The van der Waals surface area contributed by atoms with Crippen molar-refractivity contribution in [3.05, 3.63) is 35.2 Å². The summed E-state index contributed by atoms with van der Waals surface area (Å²) in [7, 11) is 1.41. The minimum atomic E-state index is -0.358. The van der Waals surface area contributed by atoms with Gasteiger partial charge in [0.25, 0.3) is 0 Å². The second-order valence-electron chi connectivity index (χ2n) is 7.18. The van der Waals surface area contributed by atoms with E-state index in [1.807, 2.05) is 19.1 Å². The summed E-state index contributed by atoms with van der Waals surface area (Å²) < 4.78 is 10.4. The van der Waals surface area contributed by atoms with Crippen LogP contribution in [-0.4, -0.2) is 44.3 Å². The van der Waals surface area contributed by atoms with Crippen LogP contribution < -0.4 is 5.73 Å². The molecule has 0 aromatic heterocycles. The molecule has 0 radical (unpaired) electrons. The van der Waals surface area contributed by atoms with Gasteiger partial charge in [-0.15, -0.1) is 0 Å². The van der Waals surface area contributed by atoms with E-state index >= 15 is 0 Å². The van der Waals surface area contributed by atoms with Crippen molar-refractivity contribution < 1.29 is 14.3 Å². The topological polar surface area (TPSA) is 64.8 Å². The number of ether oxygens (including phenoxy) is 2. The number of carbonyl (C=O) groups is 1. The number of carbonyl (C=O) groups excluding carboxylic acids is 1. The number of nitrogens with two attached hydrogens (primary N) is 1. The Bertz CT molecular complexity index is 573. The summed E-state index contributed by atoms with van der Waals surface area (Å²) in [6, 6.07) is 0. The third kappa shape index (κ3) is 3.51. The van der Waals surface area contributed by atoms with Gasteiger partial charge in [-0.05, 0) is 50.2 Å². The normalized spacial score (nSPS) is 24.8. The number of allylic oxidation sites excluding steroid dienone is 3. The highest BCUT2D eigenvalue weighted by molar-refractivity contribution is 5.92. The second-order valence-corrected chi connectivity index (χ2v) is 7.18. The molecule has 2 heterocycles. The minimum absolute atomic E-state index is 0.316. The first-order valence-corrected chi connectivity index (χ1v) is 8.83. The summed E-state index contributed by atoms with van der Waals surface area (Å²) >= 11 is 0. The largest absolute Gasteiger partial charge is 0.465 e. The molecule has 0 bridgehead atoms. The molecule has 1 saturated carbocycles. The minimum Gasteiger partial charge on any atom is -0.465 e. The molecule has 3 rings (SSSR count). The van der Waals surface area contributed by atoms with Crippen LogP contribution in [0.2, 0.25) is 0 Å². The first-order valence-electron chi connectivity index (χ1n) is 8.83. The number of methoxy groups -OCH3 is 1. The van der Waals surface area contributed by atoms with Crippen molar-refractivity contribution in [2.75, 3.05) is 33.4 Å². The Balaban J connectivity index is 1.80. The summed E-state index contributed by atoms with van der Waals surface area (Å²) in [5, 5.41) is 0. The van der Waals surface area contributed by atoms with Crippen molar-refractivity contribution in [3.8, 4) is 0 Å². The van der Waals surface area contributed by atoms with Crippen LogP contribution in [0.1, 0.15) is 32.6 Å². The molecule has 3 fully saturated rings. The van der Waals surface area contributed by atoms with Gasteiger partial charge >= 0.3 is 5.97 Å². The second kappa shape index (κ2) is 7.01. The Morgan fingerprint density at radius 2 is 1.96 bits per heavy atom. The van der Waals surface area contributed by atoms with Gasteiger partial charge < -0.3 is 20.1 Å². The third-order valence-corrected chi connectivity index (χ3v) is 5.35. The predicted octanol–water partition coefficient (Wildman–Crippen LogP) is 2.35. The van der Waals surface area contributed by atoms with Crippen molar-refractivity contribution in [1.82, 2.24) is 4.90 Å². The van der Waals surface area contributed by atoms with Crippen LogP contribution in [0, 0.1) is 11.3 Å². The summed E-state index contributed by atoms with van der Waals surface area (Å²) in [4.78, 5) is 14.4. The molecule has 0 atom stereocenters. The Labute approximate surface area is 144 Å². The maximum absolute atomic E-state index is 12.3. The van der Waals surface area contributed by atoms with Crippen LogP contribution in [0.3, 0.4) is 0 Å². The zero-order chi connectivity index (χ0) is 17.2. The fourth-order valence-corrected chi connectivity index (χ4v) is 3.65. The molecule has 0 unspecified atom stereocenters. The van der Waals surface area contributed by atoms with Gasteiger partial charge in [0.05, 0.1) is 12.7 Å². The quantitative estimate of drug-likeness (QED) is 0.476. The van der Waals surface area contributed by atoms with Crippen LogP contribution in [0.25, 0.3) is 0 Å². The van der Waals surface area contributed by atoms with Gasteiger partial charge in [0.1, 0.15) is 5.82 Å². The number of likely N-dealkylation sites (tertiary alicyclic amines) is 1. The number of esters is 1. The van der Waals surface area contributed by atoms with Gasteiger partial charge in [-0.2, -0.15) is 0 Å². The fourth-order valence-electron chi connectivity index (χ4n) is 3.65. The van der Waals surface area contributed by atoms with Crippen molar-refractivity contribution in [2.45, 2.75) is 32.6 Å². The molecule has 24 heavy (non-hydrogen) atoms. The molecule has 2 N–H and O–H groups in total. The Hall–Kier alpha value is -1.75. The van der Waals surface area contributed by atoms with Gasteiger partial charge in [0, 0.05) is 31.7 Å². The molecule has 1 spiro atoms. The van der Waals surface area contributed by atoms with Gasteiger partial charge in [0.2, 0.25) is 0 Å². The van der Waals surface area contributed by atoms with E-state index in [0.29, 0.717) is 22.7 Å².